The molecule has 0 bridgehead atoms. The SMILES string of the molecule is CCOC(=O)c1ccc(NC(=O)c2cc(N3CCCC3)ncn2)cc1. The fraction of sp³-hybridized carbons (Fsp3) is 0.333. The van der Waals surface area contributed by atoms with Crippen LogP contribution in [0.1, 0.15) is 40.6 Å². The van der Waals surface area contributed by atoms with E-state index in [1.54, 1.807) is 37.3 Å². The minimum atomic E-state index is -0.383. The lowest BCUT2D eigenvalue weighted by Crippen LogP contribution is -2.21. The molecule has 25 heavy (non-hydrogen) atoms. The molecular weight excluding hydrogens is 320 g/mol. The van der Waals surface area contributed by atoms with E-state index in [4.69, 9.17) is 4.74 Å². The number of rotatable bonds is 5. The lowest BCUT2D eigenvalue weighted by molar-refractivity contribution is 0.0526. The Morgan fingerprint density at radius 2 is 1.88 bits per heavy atom. The number of carbonyl (C=O) groups is 2. The second-order valence-electron chi connectivity index (χ2n) is 5.71. The van der Waals surface area contributed by atoms with Gasteiger partial charge in [0.2, 0.25) is 0 Å². The van der Waals surface area contributed by atoms with Crippen molar-refractivity contribution < 1.29 is 14.3 Å². The molecule has 0 spiro atoms. The molecule has 2 aromatic rings. The summed E-state index contributed by atoms with van der Waals surface area (Å²) < 4.78 is 4.93. The first-order valence-corrected chi connectivity index (χ1v) is 8.33. The number of carbonyl (C=O) groups excluding carboxylic acids is 2. The van der Waals surface area contributed by atoms with Gasteiger partial charge < -0.3 is 15.0 Å². The topological polar surface area (TPSA) is 84.4 Å². The summed E-state index contributed by atoms with van der Waals surface area (Å²) in [6, 6.07) is 8.25. The number of esters is 1. The van der Waals surface area contributed by atoms with Crippen molar-refractivity contribution in [3.63, 3.8) is 0 Å². The molecule has 0 atom stereocenters. The third kappa shape index (κ3) is 4.12. The number of benzene rings is 1. The van der Waals surface area contributed by atoms with Gasteiger partial charge in [0.25, 0.3) is 5.91 Å². The first-order chi connectivity index (χ1) is 12.2. The summed E-state index contributed by atoms with van der Waals surface area (Å²) in [4.78, 5) is 34.5. The molecule has 0 aliphatic carbocycles. The van der Waals surface area contributed by atoms with Crippen molar-refractivity contribution in [3.8, 4) is 0 Å². The summed E-state index contributed by atoms with van der Waals surface area (Å²) in [6.45, 7) is 3.98. The maximum atomic E-state index is 12.4. The number of nitrogens with one attached hydrogen (secondary N) is 1. The first-order valence-electron chi connectivity index (χ1n) is 8.33. The average molecular weight is 340 g/mol. The molecule has 0 saturated carbocycles. The van der Waals surface area contributed by atoms with E-state index in [9.17, 15) is 9.59 Å². The zero-order valence-electron chi connectivity index (χ0n) is 14.1. The van der Waals surface area contributed by atoms with Crippen molar-refractivity contribution in [2.24, 2.45) is 0 Å². The maximum Gasteiger partial charge on any atom is 0.338 e. The predicted molar refractivity (Wildman–Crippen MR) is 93.8 cm³/mol. The molecule has 0 unspecified atom stereocenters. The number of hydrogen-bond acceptors (Lipinski definition) is 6. The van der Waals surface area contributed by atoms with E-state index in [2.05, 4.69) is 20.2 Å². The molecule has 1 aliphatic heterocycles. The minimum absolute atomic E-state index is 0.311. The summed E-state index contributed by atoms with van der Waals surface area (Å²) in [5.41, 5.74) is 1.34. The number of amides is 1. The Labute approximate surface area is 146 Å². The van der Waals surface area contributed by atoms with Crippen LogP contribution in [0.4, 0.5) is 11.5 Å². The monoisotopic (exact) mass is 340 g/mol. The molecule has 130 valence electrons. The van der Waals surface area contributed by atoms with Crippen LogP contribution in [0, 0.1) is 0 Å². The van der Waals surface area contributed by atoms with Crippen LogP contribution < -0.4 is 10.2 Å². The first kappa shape index (κ1) is 16.9. The predicted octanol–water partition coefficient (Wildman–Crippen LogP) is 2.51. The second-order valence-corrected chi connectivity index (χ2v) is 5.71. The van der Waals surface area contributed by atoms with Crippen molar-refractivity contribution in [2.75, 3.05) is 29.9 Å². The van der Waals surface area contributed by atoms with E-state index < -0.39 is 0 Å². The Morgan fingerprint density at radius 1 is 1.16 bits per heavy atom. The fourth-order valence-corrected chi connectivity index (χ4v) is 2.69. The van der Waals surface area contributed by atoms with Crippen LogP contribution in [0.2, 0.25) is 0 Å². The Kier molecular flexibility index (Phi) is 5.23. The molecule has 1 aromatic heterocycles. The van der Waals surface area contributed by atoms with Crippen molar-refractivity contribution in [1.29, 1.82) is 0 Å². The second kappa shape index (κ2) is 7.74. The fourth-order valence-electron chi connectivity index (χ4n) is 2.69. The van der Waals surface area contributed by atoms with Gasteiger partial charge in [-0.25, -0.2) is 14.8 Å². The molecule has 7 nitrogen and oxygen atoms in total. The highest BCUT2D eigenvalue weighted by Gasteiger charge is 2.16. The van der Waals surface area contributed by atoms with Gasteiger partial charge in [0.15, 0.2) is 0 Å². The summed E-state index contributed by atoms with van der Waals surface area (Å²) in [5.74, 6) is 0.0773. The minimum Gasteiger partial charge on any atom is -0.462 e. The van der Waals surface area contributed by atoms with Crippen LogP contribution in [0.25, 0.3) is 0 Å². The van der Waals surface area contributed by atoms with Crippen molar-refractivity contribution >= 4 is 23.4 Å². The van der Waals surface area contributed by atoms with Gasteiger partial charge in [-0.05, 0) is 44.0 Å². The zero-order chi connectivity index (χ0) is 17.6. The summed E-state index contributed by atoms with van der Waals surface area (Å²) in [6.07, 6.45) is 3.68. The van der Waals surface area contributed by atoms with Gasteiger partial charge in [-0.3, -0.25) is 4.79 Å². The normalized spacial score (nSPS) is 13.6. The molecule has 1 aliphatic rings. The van der Waals surface area contributed by atoms with Crippen molar-refractivity contribution in [3.05, 3.63) is 47.9 Å². The smallest absolute Gasteiger partial charge is 0.338 e. The van der Waals surface area contributed by atoms with Crippen molar-refractivity contribution in [2.45, 2.75) is 19.8 Å². The number of ether oxygens (including phenoxy) is 1. The van der Waals surface area contributed by atoms with E-state index in [-0.39, 0.29) is 11.9 Å². The number of nitrogens with zero attached hydrogens (tertiary/aromatic N) is 3. The third-order valence-electron chi connectivity index (χ3n) is 3.97. The molecule has 1 amide bonds. The molecule has 2 heterocycles. The highest BCUT2D eigenvalue weighted by Crippen LogP contribution is 2.18. The molecule has 3 rings (SSSR count). The molecule has 1 saturated heterocycles. The molecule has 7 heteroatoms. The largest absolute Gasteiger partial charge is 0.462 e. The summed E-state index contributed by atoms with van der Waals surface area (Å²) in [5, 5.41) is 2.77. The molecule has 1 fully saturated rings. The highest BCUT2D eigenvalue weighted by molar-refractivity contribution is 6.03. The molecule has 1 N–H and O–H groups in total. The lowest BCUT2D eigenvalue weighted by atomic mass is 10.2. The Balaban J connectivity index is 1.67. The summed E-state index contributed by atoms with van der Waals surface area (Å²) >= 11 is 0. The average Bonchev–Trinajstić information content (AvgIpc) is 3.17. The highest BCUT2D eigenvalue weighted by atomic mass is 16.5. The van der Waals surface area contributed by atoms with Gasteiger partial charge in [0.1, 0.15) is 17.8 Å². The zero-order valence-corrected chi connectivity index (χ0v) is 14.1. The molecular formula is C18H20N4O3. The molecule has 1 aromatic carbocycles. The van der Waals surface area contributed by atoms with E-state index in [0.717, 1.165) is 31.7 Å². The van der Waals surface area contributed by atoms with Crippen molar-refractivity contribution in [1.82, 2.24) is 9.97 Å². The van der Waals surface area contributed by atoms with Crippen LogP contribution in [-0.4, -0.2) is 41.5 Å². The quantitative estimate of drug-likeness (QED) is 0.842. The van der Waals surface area contributed by atoms with Crippen LogP contribution in [0.3, 0.4) is 0 Å². The van der Waals surface area contributed by atoms with Gasteiger partial charge in [-0.2, -0.15) is 0 Å². The Hall–Kier alpha value is -2.96. The van der Waals surface area contributed by atoms with Gasteiger partial charge in [-0.1, -0.05) is 0 Å². The molecule has 0 radical (unpaired) electrons. The van der Waals surface area contributed by atoms with E-state index >= 15 is 0 Å². The standard InChI is InChI=1S/C18H20N4O3/c1-2-25-18(24)13-5-7-14(8-6-13)21-17(23)15-11-16(20-12-19-15)22-9-3-4-10-22/h5-8,11-12H,2-4,9-10H2,1H3,(H,21,23). The lowest BCUT2D eigenvalue weighted by Gasteiger charge is -2.16. The van der Waals surface area contributed by atoms with E-state index in [0.29, 0.717) is 23.6 Å². The Morgan fingerprint density at radius 3 is 2.56 bits per heavy atom. The van der Waals surface area contributed by atoms with E-state index in [1.165, 1.54) is 6.33 Å². The number of anilines is 2. The van der Waals surface area contributed by atoms with Gasteiger partial charge in [-0.15, -0.1) is 0 Å². The van der Waals surface area contributed by atoms with Gasteiger partial charge in [0.05, 0.1) is 12.2 Å². The number of aromatic nitrogens is 2. The maximum absolute atomic E-state index is 12.4. The van der Waals surface area contributed by atoms with Crippen LogP contribution >= 0.6 is 0 Å². The summed E-state index contributed by atoms with van der Waals surface area (Å²) in [7, 11) is 0. The van der Waals surface area contributed by atoms with E-state index in [1.807, 2.05) is 0 Å². The van der Waals surface area contributed by atoms with Crippen LogP contribution in [0.5, 0.6) is 0 Å². The van der Waals surface area contributed by atoms with Gasteiger partial charge >= 0.3 is 5.97 Å². The third-order valence-corrected chi connectivity index (χ3v) is 3.97. The number of hydrogen-bond donors (Lipinski definition) is 1. The van der Waals surface area contributed by atoms with Crippen LogP contribution in [-0.2, 0) is 4.74 Å². The van der Waals surface area contributed by atoms with Crippen LogP contribution in [0.15, 0.2) is 36.7 Å². The van der Waals surface area contributed by atoms with Gasteiger partial charge in [0, 0.05) is 24.8 Å². The Bertz CT molecular complexity index is 755.